The number of benzene rings is 2. The lowest BCUT2D eigenvalue weighted by Gasteiger charge is -2.23. The number of carbonyl (C=O) groups is 2. The highest BCUT2D eigenvalue weighted by molar-refractivity contribution is 6.03. The van der Waals surface area contributed by atoms with E-state index in [2.05, 4.69) is 16.7 Å². The highest BCUT2D eigenvalue weighted by Gasteiger charge is 2.26. The van der Waals surface area contributed by atoms with Gasteiger partial charge in [0.05, 0.1) is 24.5 Å². The van der Waals surface area contributed by atoms with Crippen LogP contribution in [0.3, 0.4) is 0 Å². The molecule has 0 aliphatic carbocycles. The van der Waals surface area contributed by atoms with Crippen LogP contribution in [0.5, 0.6) is 5.75 Å². The summed E-state index contributed by atoms with van der Waals surface area (Å²) in [4.78, 5) is 25.9. The van der Waals surface area contributed by atoms with Crippen molar-refractivity contribution < 1.29 is 14.3 Å². The van der Waals surface area contributed by atoms with Crippen LogP contribution in [-0.2, 0) is 11.2 Å². The maximum Gasteiger partial charge on any atom is 0.253 e. The molecular formula is C19H19N3O3. The molecule has 0 spiro atoms. The fraction of sp³-hybridized carbons (Fsp3) is 0.263. The predicted octanol–water partition coefficient (Wildman–Crippen LogP) is 2.13. The molecule has 4 rings (SSSR count). The van der Waals surface area contributed by atoms with E-state index >= 15 is 0 Å². The standard InChI is InChI=1S/C19H19N3O3/c1-22(11-14-8-12-4-2-3-5-17(12)25-14)19(24)13-6-7-15-16(9-13)21-18(23)10-20-15/h2-7,9,14,20H,8,10-11H2,1H3,(H,21,23). The highest BCUT2D eigenvalue weighted by atomic mass is 16.5. The van der Waals surface area contributed by atoms with Gasteiger partial charge in [0.2, 0.25) is 5.91 Å². The van der Waals surface area contributed by atoms with Crippen LogP contribution in [0.2, 0.25) is 0 Å². The van der Waals surface area contributed by atoms with Gasteiger partial charge in [-0.1, -0.05) is 18.2 Å². The number of likely N-dealkylation sites (N-methyl/N-ethyl adjacent to an activating group) is 1. The van der Waals surface area contributed by atoms with Crippen LogP contribution < -0.4 is 15.4 Å². The molecule has 2 aliphatic heterocycles. The summed E-state index contributed by atoms with van der Waals surface area (Å²) in [5, 5.41) is 5.80. The molecule has 0 fully saturated rings. The van der Waals surface area contributed by atoms with E-state index in [0.717, 1.165) is 17.9 Å². The molecule has 0 aromatic heterocycles. The van der Waals surface area contributed by atoms with Crippen molar-refractivity contribution in [1.82, 2.24) is 4.90 Å². The molecule has 0 bridgehead atoms. The Bertz CT molecular complexity index is 825. The molecular weight excluding hydrogens is 318 g/mol. The molecule has 1 atom stereocenters. The van der Waals surface area contributed by atoms with Gasteiger partial charge in [-0.2, -0.15) is 0 Å². The van der Waals surface area contributed by atoms with Gasteiger partial charge in [0.25, 0.3) is 5.91 Å². The lowest BCUT2D eigenvalue weighted by molar-refractivity contribution is -0.114. The fourth-order valence-electron chi connectivity index (χ4n) is 3.27. The van der Waals surface area contributed by atoms with Gasteiger partial charge in [0.1, 0.15) is 11.9 Å². The third-order valence-electron chi connectivity index (χ3n) is 4.52. The molecule has 6 heteroatoms. The average Bonchev–Trinajstić information content (AvgIpc) is 3.02. The Morgan fingerprint density at radius 1 is 1.24 bits per heavy atom. The fourth-order valence-corrected chi connectivity index (χ4v) is 3.27. The van der Waals surface area contributed by atoms with E-state index in [0.29, 0.717) is 17.8 Å². The molecule has 2 heterocycles. The first-order chi connectivity index (χ1) is 12.1. The van der Waals surface area contributed by atoms with Crippen LogP contribution in [0.15, 0.2) is 42.5 Å². The number of carbonyl (C=O) groups excluding carboxylic acids is 2. The third kappa shape index (κ3) is 3.03. The van der Waals surface area contributed by atoms with E-state index in [1.807, 2.05) is 24.3 Å². The zero-order valence-corrected chi connectivity index (χ0v) is 13.9. The Hall–Kier alpha value is -3.02. The molecule has 2 N–H and O–H groups in total. The zero-order chi connectivity index (χ0) is 17.4. The van der Waals surface area contributed by atoms with Crippen molar-refractivity contribution in [2.24, 2.45) is 0 Å². The van der Waals surface area contributed by atoms with E-state index in [1.165, 1.54) is 5.56 Å². The Kier molecular flexibility index (Phi) is 3.80. The number of ether oxygens (including phenoxy) is 1. The van der Waals surface area contributed by atoms with Crippen molar-refractivity contribution in [3.05, 3.63) is 53.6 Å². The number of nitrogens with zero attached hydrogens (tertiary/aromatic N) is 1. The second-order valence-electron chi connectivity index (χ2n) is 6.40. The zero-order valence-electron chi connectivity index (χ0n) is 13.9. The monoisotopic (exact) mass is 337 g/mol. The SMILES string of the molecule is CN(CC1Cc2ccccc2O1)C(=O)c1ccc2c(c1)NC(=O)CN2. The Morgan fingerprint density at radius 2 is 2.08 bits per heavy atom. The van der Waals surface area contributed by atoms with E-state index < -0.39 is 0 Å². The van der Waals surface area contributed by atoms with Gasteiger partial charge in [0.15, 0.2) is 0 Å². The van der Waals surface area contributed by atoms with Crippen molar-refractivity contribution >= 4 is 23.2 Å². The number of hydrogen-bond donors (Lipinski definition) is 2. The van der Waals surface area contributed by atoms with Gasteiger partial charge in [-0.05, 0) is 29.8 Å². The molecule has 128 valence electrons. The Labute approximate surface area is 145 Å². The van der Waals surface area contributed by atoms with Crippen LogP contribution >= 0.6 is 0 Å². The number of nitrogens with one attached hydrogen (secondary N) is 2. The normalized spacial score (nSPS) is 17.6. The summed E-state index contributed by atoms with van der Waals surface area (Å²) in [5.74, 6) is 0.695. The lowest BCUT2D eigenvalue weighted by Crippen LogP contribution is -2.36. The predicted molar refractivity (Wildman–Crippen MR) is 95.1 cm³/mol. The average molecular weight is 337 g/mol. The molecule has 25 heavy (non-hydrogen) atoms. The number of fused-ring (bicyclic) bond motifs is 2. The maximum atomic E-state index is 12.7. The van der Waals surface area contributed by atoms with Gasteiger partial charge >= 0.3 is 0 Å². The van der Waals surface area contributed by atoms with Gasteiger partial charge in [-0.25, -0.2) is 0 Å². The van der Waals surface area contributed by atoms with Gasteiger partial charge in [-0.3, -0.25) is 9.59 Å². The molecule has 2 aliphatic rings. The maximum absolute atomic E-state index is 12.7. The van der Waals surface area contributed by atoms with Crippen LogP contribution in [-0.4, -0.2) is 43.0 Å². The van der Waals surface area contributed by atoms with E-state index in [1.54, 1.807) is 24.1 Å². The molecule has 2 aromatic rings. The van der Waals surface area contributed by atoms with E-state index in [9.17, 15) is 9.59 Å². The van der Waals surface area contributed by atoms with Crippen LogP contribution in [0.4, 0.5) is 11.4 Å². The van der Waals surface area contributed by atoms with Gasteiger partial charge in [0, 0.05) is 19.0 Å². The van der Waals surface area contributed by atoms with E-state index in [4.69, 9.17) is 4.74 Å². The van der Waals surface area contributed by atoms with Gasteiger partial charge < -0.3 is 20.3 Å². The minimum absolute atomic E-state index is 0.0367. The molecule has 1 unspecified atom stereocenters. The summed E-state index contributed by atoms with van der Waals surface area (Å²) in [6.07, 6.45) is 0.767. The summed E-state index contributed by atoms with van der Waals surface area (Å²) in [5.41, 5.74) is 3.19. The minimum atomic E-state index is -0.109. The number of hydrogen-bond acceptors (Lipinski definition) is 4. The third-order valence-corrected chi connectivity index (χ3v) is 4.52. The highest BCUT2D eigenvalue weighted by Crippen LogP contribution is 2.29. The molecule has 0 radical (unpaired) electrons. The van der Waals surface area contributed by atoms with Crippen molar-refractivity contribution in [3.8, 4) is 5.75 Å². The second-order valence-corrected chi connectivity index (χ2v) is 6.40. The molecule has 6 nitrogen and oxygen atoms in total. The van der Waals surface area contributed by atoms with Crippen LogP contribution in [0.25, 0.3) is 0 Å². The number of amides is 2. The molecule has 2 amide bonds. The number of rotatable bonds is 3. The van der Waals surface area contributed by atoms with Crippen molar-refractivity contribution in [2.45, 2.75) is 12.5 Å². The minimum Gasteiger partial charge on any atom is -0.488 e. The smallest absolute Gasteiger partial charge is 0.253 e. The summed E-state index contributed by atoms with van der Waals surface area (Å²) in [6, 6.07) is 13.2. The van der Waals surface area contributed by atoms with Crippen molar-refractivity contribution in [3.63, 3.8) is 0 Å². The summed E-state index contributed by atoms with van der Waals surface area (Å²) >= 11 is 0. The summed E-state index contributed by atoms with van der Waals surface area (Å²) in [7, 11) is 1.77. The molecule has 2 aromatic carbocycles. The van der Waals surface area contributed by atoms with Crippen molar-refractivity contribution in [1.29, 1.82) is 0 Å². The second kappa shape index (κ2) is 6.12. The number of anilines is 2. The quantitative estimate of drug-likeness (QED) is 0.900. The lowest BCUT2D eigenvalue weighted by atomic mass is 10.1. The first kappa shape index (κ1) is 15.5. The Balaban J connectivity index is 1.44. The molecule has 0 saturated carbocycles. The Morgan fingerprint density at radius 3 is 2.92 bits per heavy atom. The first-order valence-corrected chi connectivity index (χ1v) is 8.28. The van der Waals surface area contributed by atoms with Crippen LogP contribution in [0.1, 0.15) is 15.9 Å². The summed E-state index contributed by atoms with van der Waals surface area (Å²) < 4.78 is 5.91. The largest absolute Gasteiger partial charge is 0.488 e. The summed E-state index contributed by atoms with van der Waals surface area (Å²) in [6.45, 7) is 0.759. The van der Waals surface area contributed by atoms with Crippen molar-refractivity contribution in [2.75, 3.05) is 30.8 Å². The topological polar surface area (TPSA) is 70.7 Å². The first-order valence-electron chi connectivity index (χ1n) is 8.28. The van der Waals surface area contributed by atoms with Gasteiger partial charge in [-0.15, -0.1) is 0 Å². The van der Waals surface area contributed by atoms with E-state index in [-0.39, 0.29) is 24.5 Å². The van der Waals surface area contributed by atoms with Crippen LogP contribution in [0, 0.1) is 0 Å². The molecule has 0 saturated heterocycles. The number of para-hydroxylation sites is 1.